The van der Waals surface area contributed by atoms with E-state index < -0.39 is 0 Å². The monoisotopic (exact) mass is 303 g/mol. The highest BCUT2D eigenvalue weighted by Crippen LogP contribution is 2.39. The highest BCUT2D eigenvalue weighted by atomic mass is 32.2. The zero-order valence-corrected chi connectivity index (χ0v) is 12.7. The maximum atomic E-state index is 13.4. The van der Waals surface area contributed by atoms with Crippen molar-refractivity contribution in [3.63, 3.8) is 0 Å². The Hall–Kier alpha value is -1.52. The van der Waals surface area contributed by atoms with Crippen molar-refractivity contribution in [3.05, 3.63) is 59.4 Å². The topological polar surface area (TPSA) is 35.2 Å². The van der Waals surface area contributed by atoms with Gasteiger partial charge in [0.15, 0.2) is 0 Å². The molecule has 0 fully saturated rings. The van der Waals surface area contributed by atoms with Crippen molar-refractivity contribution in [2.24, 2.45) is 5.73 Å². The van der Waals surface area contributed by atoms with Gasteiger partial charge in [-0.2, -0.15) is 0 Å². The maximum absolute atomic E-state index is 13.4. The van der Waals surface area contributed by atoms with Crippen LogP contribution in [0.4, 0.5) is 4.39 Å². The number of rotatable bonds is 4. The highest BCUT2D eigenvalue weighted by Gasteiger charge is 2.23. The van der Waals surface area contributed by atoms with E-state index in [0.717, 1.165) is 11.3 Å². The summed E-state index contributed by atoms with van der Waals surface area (Å²) < 4.78 is 19.3. The minimum absolute atomic E-state index is 0.175. The van der Waals surface area contributed by atoms with E-state index >= 15 is 0 Å². The number of ether oxygens (including phenoxy) is 1. The van der Waals surface area contributed by atoms with Gasteiger partial charge in [-0.05, 0) is 24.6 Å². The van der Waals surface area contributed by atoms with Gasteiger partial charge < -0.3 is 10.5 Å². The molecule has 1 heterocycles. The molecule has 0 bridgehead atoms. The minimum atomic E-state index is -0.296. The molecular weight excluding hydrogens is 285 g/mol. The van der Waals surface area contributed by atoms with Crippen LogP contribution in [-0.4, -0.2) is 12.4 Å². The zero-order chi connectivity index (χ0) is 14.8. The first kappa shape index (κ1) is 14.4. The molecule has 2 unspecified atom stereocenters. The largest absolute Gasteiger partial charge is 0.492 e. The molecule has 0 aromatic heterocycles. The van der Waals surface area contributed by atoms with Crippen LogP contribution in [0.5, 0.6) is 5.75 Å². The number of fused-ring (bicyclic) bond motifs is 1. The van der Waals surface area contributed by atoms with E-state index in [2.05, 4.69) is 18.2 Å². The molecule has 1 aliphatic rings. The predicted octanol–water partition coefficient (Wildman–Crippen LogP) is 4.11. The third kappa shape index (κ3) is 3.06. The molecule has 2 aromatic rings. The van der Waals surface area contributed by atoms with Crippen molar-refractivity contribution >= 4 is 11.8 Å². The molecule has 0 radical (unpaired) electrons. The van der Waals surface area contributed by atoms with Gasteiger partial charge in [-0.1, -0.05) is 24.3 Å². The summed E-state index contributed by atoms with van der Waals surface area (Å²) in [6.45, 7) is 2.42. The zero-order valence-electron chi connectivity index (χ0n) is 11.9. The number of benzene rings is 2. The van der Waals surface area contributed by atoms with E-state index in [1.165, 1.54) is 22.6 Å². The summed E-state index contributed by atoms with van der Waals surface area (Å²) in [4.78, 5) is 1.32. The molecule has 2 aromatic carbocycles. The lowest BCUT2D eigenvalue weighted by Crippen LogP contribution is -2.13. The molecule has 4 heteroatoms. The van der Waals surface area contributed by atoms with Crippen LogP contribution < -0.4 is 10.5 Å². The number of hydrogen-bond acceptors (Lipinski definition) is 3. The summed E-state index contributed by atoms with van der Waals surface area (Å²) in [6, 6.07) is 12.7. The van der Waals surface area contributed by atoms with Crippen molar-refractivity contribution < 1.29 is 9.13 Å². The number of hydrogen-bond donors (Lipinski definition) is 1. The molecular formula is C17H18FNOS. The van der Waals surface area contributed by atoms with Crippen LogP contribution in [0.3, 0.4) is 0 Å². The van der Waals surface area contributed by atoms with Crippen LogP contribution in [0.1, 0.15) is 30.0 Å². The predicted molar refractivity (Wildman–Crippen MR) is 84.4 cm³/mol. The van der Waals surface area contributed by atoms with Crippen molar-refractivity contribution in [2.75, 3.05) is 12.4 Å². The summed E-state index contributed by atoms with van der Waals surface area (Å²) >= 11 is 1.85. The van der Waals surface area contributed by atoms with Crippen LogP contribution in [0.2, 0.25) is 0 Å². The molecule has 0 aliphatic carbocycles. The summed E-state index contributed by atoms with van der Waals surface area (Å²) in [6.07, 6.45) is 0. The third-order valence-electron chi connectivity index (χ3n) is 3.71. The van der Waals surface area contributed by atoms with Crippen LogP contribution in [0.25, 0.3) is 0 Å². The number of thioether (sulfide) groups is 1. The first-order valence-corrected chi connectivity index (χ1v) is 8.03. The quantitative estimate of drug-likeness (QED) is 0.923. The second-order valence-electron chi connectivity index (χ2n) is 5.33. The molecule has 1 aliphatic heterocycles. The maximum Gasteiger partial charge on any atom is 0.126 e. The molecule has 2 N–H and O–H groups in total. The molecule has 2 nitrogen and oxygen atoms in total. The molecule has 2 atom stereocenters. The fourth-order valence-electron chi connectivity index (χ4n) is 2.57. The Morgan fingerprint density at radius 1 is 1.33 bits per heavy atom. The van der Waals surface area contributed by atoms with E-state index in [1.54, 1.807) is 6.07 Å². The van der Waals surface area contributed by atoms with Crippen molar-refractivity contribution in [1.29, 1.82) is 0 Å². The van der Waals surface area contributed by atoms with E-state index in [1.807, 2.05) is 24.8 Å². The van der Waals surface area contributed by atoms with E-state index in [9.17, 15) is 4.39 Å². The average molecular weight is 303 g/mol. The lowest BCUT2D eigenvalue weighted by atomic mass is 10.0. The Bertz CT molecular complexity index is 644. The lowest BCUT2D eigenvalue weighted by molar-refractivity contribution is 0.292. The highest BCUT2D eigenvalue weighted by molar-refractivity contribution is 7.99. The molecule has 0 amide bonds. The van der Waals surface area contributed by atoms with Crippen LogP contribution in [0.15, 0.2) is 47.4 Å². The van der Waals surface area contributed by atoms with Crippen molar-refractivity contribution in [1.82, 2.24) is 0 Å². The average Bonchev–Trinajstić information content (AvgIpc) is 2.88. The molecule has 3 rings (SSSR count). The van der Waals surface area contributed by atoms with E-state index in [0.29, 0.717) is 18.3 Å². The fraction of sp³-hybridized carbons (Fsp3) is 0.294. The van der Waals surface area contributed by atoms with Gasteiger partial charge in [-0.3, -0.25) is 0 Å². The smallest absolute Gasteiger partial charge is 0.126 e. The molecule has 0 saturated heterocycles. The van der Waals surface area contributed by atoms with E-state index in [-0.39, 0.29) is 11.9 Å². The van der Waals surface area contributed by atoms with Gasteiger partial charge in [-0.25, -0.2) is 4.39 Å². The SMILES string of the molecule is CC(N)c1ccc(F)cc1OCC1CSc2ccccc21. The minimum Gasteiger partial charge on any atom is -0.492 e. The van der Waals surface area contributed by atoms with Gasteiger partial charge >= 0.3 is 0 Å². The summed E-state index contributed by atoms with van der Waals surface area (Å²) in [5.74, 6) is 1.60. The molecule has 0 saturated carbocycles. The van der Waals surface area contributed by atoms with Crippen LogP contribution in [-0.2, 0) is 0 Å². The van der Waals surface area contributed by atoms with Crippen LogP contribution in [0, 0.1) is 5.82 Å². The van der Waals surface area contributed by atoms with Crippen LogP contribution >= 0.6 is 11.8 Å². The summed E-state index contributed by atoms with van der Waals surface area (Å²) in [5.41, 5.74) is 8.08. The molecule has 110 valence electrons. The van der Waals surface area contributed by atoms with Gasteiger partial charge in [0.25, 0.3) is 0 Å². The number of halogens is 1. The van der Waals surface area contributed by atoms with Gasteiger partial charge in [0.05, 0.1) is 6.61 Å². The summed E-state index contributed by atoms with van der Waals surface area (Å²) in [7, 11) is 0. The Morgan fingerprint density at radius 2 is 2.14 bits per heavy atom. The van der Waals surface area contributed by atoms with Gasteiger partial charge in [0.1, 0.15) is 11.6 Å². The second-order valence-corrected chi connectivity index (χ2v) is 6.39. The molecule has 0 spiro atoms. The van der Waals surface area contributed by atoms with Gasteiger partial charge in [-0.15, -0.1) is 11.8 Å². The van der Waals surface area contributed by atoms with Crippen molar-refractivity contribution in [3.8, 4) is 5.75 Å². The van der Waals surface area contributed by atoms with Gasteiger partial charge in [0.2, 0.25) is 0 Å². The first-order chi connectivity index (χ1) is 10.1. The third-order valence-corrected chi connectivity index (χ3v) is 4.96. The number of nitrogens with two attached hydrogens (primary N) is 1. The lowest BCUT2D eigenvalue weighted by Gasteiger charge is -2.17. The Balaban J connectivity index is 1.76. The second kappa shape index (κ2) is 6.08. The Labute approximate surface area is 128 Å². The Kier molecular flexibility index (Phi) is 4.17. The normalized spacial score (nSPS) is 18.3. The Morgan fingerprint density at radius 3 is 2.95 bits per heavy atom. The fourth-order valence-corrected chi connectivity index (χ4v) is 3.80. The first-order valence-electron chi connectivity index (χ1n) is 7.04. The van der Waals surface area contributed by atoms with Crippen molar-refractivity contribution in [2.45, 2.75) is 23.8 Å². The van der Waals surface area contributed by atoms with E-state index in [4.69, 9.17) is 10.5 Å². The summed E-state index contributed by atoms with van der Waals surface area (Å²) in [5, 5.41) is 0. The molecule has 21 heavy (non-hydrogen) atoms. The van der Waals surface area contributed by atoms with Gasteiger partial charge in [0, 0.05) is 34.2 Å². The standard InChI is InChI=1S/C17H18FNOS/c1-11(19)14-7-6-13(18)8-16(14)20-9-12-10-21-17-5-3-2-4-15(12)17/h2-8,11-12H,9-10,19H2,1H3.